The standard InChI is InChI=1S/C24H24ClN3O4/c1-16-13-18(25)7-10-21(16)32-12-4-6-23(29)27-19-8-9-20(22(14-19)31-2)28-24(30)17-5-3-11-26-15-17/h3,5,7-11,13-15H,4,6,12H2,1-2H3,(H,27,29)(H,28,30). The summed E-state index contributed by atoms with van der Waals surface area (Å²) in [6.45, 7) is 2.34. The maximum Gasteiger partial charge on any atom is 0.257 e. The van der Waals surface area contributed by atoms with Gasteiger partial charge in [0.2, 0.25) is 5.91 Å². The SMILES string of the molecule is COc1cc(NC(=O)CCCOc2ccc(Cl)cc2C)ccc1NC(=O)c1cccnc1. The summed E-state index contributed by atoms with van der Waals surface area (Å²) in [4.78, 5) is 28.6. The second-order valence-corrected chi connectivity index (χ2v) is 7.46. The summed E-state index contributed by atoms with van der Waals surface area (Å²) in [5, 5.41) is 6.27. The average Bonchev–Trinajstić information content (AvgIpc) is 2.79. The third kappa shape index (κ3) is 6.46. The largest absolute Gasteiger partial charge is 0.494 e. The van der Waals surface area contributed by atoms with E-state index in [1.807, 2.05) is 19.1 Å². The molecule has 0 spiro atoms. The molecule has 0 fully saturated rings. The molecule has 0 saturated heterocycles. The van der Waals surface area contributed by atoms with E-state index in [1.54, 1.807) is 42.6 Å². The molecule has 0 aliphatic heterocycles. The van der Waals surface area contributed by atoms with Crippen LogP contribution in [0.15, 0.2) is 60.9 Å². The lowest BCUT2D eigenvalue weighted by Gasteiger charge is -2.13. The predicted molar refractivity (Wildman–Crippen MR) is 125 cm³/mol. The number of nitrogens with zero attached hydrogens (tertiary/aromatic N) is 1. The van der Waals surface area contributed by atoms with E-state index in [4.69, 9.17) is 21.1 Å². The van der Waals surface area contributed by atoms with Crippen LogP contribution in [0.25, 0.3) is 0 Å². The molecule has 0 bridgehead atoms. The second-order valence-electron chi connectivity index (χ2n) is 7.02. The van der Waals surface area contributed by atoms with Crippen molar-refractivity contribution in [2.45, 2.75) is 19.8 Å². The number of amides is 2. The number of halogens is 1. The monoisotopic (exact) mass is 453 g/mol. The third-order valence-electron chi connectivity index (χ3n) is 4.60. The fourth-order valence-electron chi connectivity index (χ4n) is 2.98. The topological polar surface area (TPSA) is 89.5 Å². The van der Waals surface area contributed by atoms with Crippen molar-refractivity contribution in [1.29, 1.82) is 0 Å². The van der Waals surface area contributed by atoms with Crippen molar-refractivity contribution in [3.8, 4) is 11.5 Å². The summed E-state index contributed by atoms with van der Waals surface area (Å²) in [7, 11) is 1.50. The molecule has 7 nitrogen and oxygen atoms in total. The Hall–Kier alpha value is -3.58. The van der Waals surface area contributed by atoms with Crippen LogP contribution in [0.5, 0.6) is 11.5 Å². The first-order chi connectivity index (χ1) is 15.5. The van der Waals surface area contributed by atoms with Crippen molar-refractivity contribution >= 4 is 34.8 Å². The fourth-order valence-corrected chi connectivity index (χ4v) is 3.20. The fraction of sp³-hybridized carbons (Fsp3) is 0.208. The van der Waals surface area contributed by atoms with Crippen LogP contribution in [-0.2, 0) is 4.79 Å². The van der Waals surface area contributed by atoms with Gasteiger partial charge in [-0.3, -0.25) is 14.6 Å². The van der Waals surface area contributed by atoms with E-state index >= 15 is 0 Å². The van der Waals surface area contributed by atoms with Crippen molar-refractivity contribution in [3.63, 3.8) is 0 Å². The lowest BCUT2D eigenvalue weighted by atomic mass is 10.2. The lowest BCUT2D eigenvalue weighted by Crippen LogP contribution is -2.14. The van der Waals surface area contributed by atoms with Gasteiger partial charge in [0, 0.05) is 35.6 Å². The maximum atomic E-state index is 12.3. The highest BCUT2D eigenvalue weighted by atomic mass is 35.5. The number of rotatable bonds is 9. The molecule has 32 heavy (non-hydrogen) atoms. The average molecular weight is 454 g/mol. The second kappa shape index (κ2) is 11.2. The van der Waals surface area contributed by atoms with Gasteiger partial charge in [0.15, 0.2) is 0 Å². The smallest absolute Gasteiger partial charge is 0.257 e. The van der Waals surface area contributed by atoms with E-state index in [0.29, 0.717) is 47.2 Å². The Balaban J connectivity index is 1.50. The number of pyridine rings is 1. The molecule has 166 valence electrons. The zero-order chi connectivity index (χ0) is 22.9. The Morgan fingerprint density at radius 2 is 1.91 bits per heavy atom. The number of aryl methyl sites for hydroxylation is 1. The van der Waals surface area contributed by atoms with E-state index < -0.39 is 0 Å². The highest BCUT2D eigenvalue weighted by molar-refractivity contribution is 6.30. The minimum absolute atomic E-state index is 0.143. The minimum Gasteiger partial charge on any atom is -0.494 e. The Morgan fingerprint density at radius 1 is 1.06 bits per heavy atom. The van der Waals surface area contributed by atoms with E-state index in [1.165, 1.54) is 13.3 Å². The first kappa shape index (κ1) is 23.1. The molecule has 0 atom stereocenters. The van der Waals surface area contributed by atoms with Gasteiger partial charge in [0.05, 0.1) is 25.0 Å². The summed E-state index contributed by atoms with van der Waals surface area (Å²) in [6.07, 6.45) is 3.94. The summed E-state index contributed by atoms with van der Waals surface area (Å²) < 4.78 is 11.1. The van der Waals surface area contributed by atoms with Crippen molar-refractivity contribution in [2.75, 3.05) is 24.4 Å². The molecule has 0 unspecified atom stereocenters. The van der Waals surface area contributed by atoms with Crippen molar-refractivity contribution in [2.24, 2.45) is 0 Å². The van der Waals surface area contributed by atoms with Crippen LogP contribution in [0.2, 0.25) is 5.02 Å². The van der Waals surface area contributed by atoms with Gasteiger partial charge in [-0.2, -0.15) is 0 Å². The Morgan fingerprint density at radius 3 is 2.62 bits per heavy atom. The van der Waals surface area contributed by atoms with E-state index in [9.17, 15) is 9.59 Å². The molecule has 1 aromatic heterocycles. The zero-order valence-corrected chi connectivity index (χ0v) is 18.6. The predicted octanol–water partition coefficient (Wildman–Crippen LogP) is 5.10. The first-order valence-electron chi connectivity index (χ1n) is 10.0. The maximum absolute atomic E-state index is 12.3. The molecular weight excluding hydrogens is 430 g/mol. The number of anilines is 2. The molecule has 2 N–H and O–H groups in total. The quantitative estimate of drug-likeness (QED) is 0.440. The van der Waals surface area contributed by atoms with Crippen LogP contribution in [0.3, 0.4) is 0 Å². The van der Waals surface area contributed by atoms with E-state index in [-0.39, 0.29) is 11.8 Å². The van der Waals surface area contributed by atoms with Crippen LogP contribution in [-0.4, -0.2) is 30.5 Å². The summed E-state index contributed by atoms with van der Waals surface area (Å²) >= 11 is 5.94. The van der Waals surface area contributed by atoms with Crippen molar-refractivity contribution < 1.29 is 19.1 Å². The molecule has 3 rings (SSSR count). The molecule has 1 heterocycles. The van der Waals surface area contributed by atoms with Gasteiger partial charge >= 0.3 is 0 Å². The zero-order valence-electron chi connectivity index (χ0n) is 17.9. The van der Waals surface area contributed by atoms with Crippen LogP contribution in [0, 0.1) is 6.92 Å². The highest BCUT2D eigenvalue weighted by Gasteiger charge is 2.12. The normalized spacial score (nSPS) is 10.3. The molecule has 3 aromatic rings. The molecule has 2 amide bonds. The van der Waals surface area contributed by atoms with E-state index in [2.05, 4.69) is 15.6 Å². The van der Waals surface area contributed by atoms with Crippen molar-refractivity contribution in [3.05, 3.63) is 77.1 Å². The number of nitrogens with one attached hydrogen (secondary N) is 2. The van der Waals surface area contributed by atoms with Crippen LogP contribution in [0.1, 0.15) is 28.8 Å². The molecule has 8 heteroatoms. The van der Waals surface area contributed by atoms with Gasteiger partial charge in [-0.1, -0.05) is 11.6 Å². The molecule has 0 aliphatic rings. The summed E-state index contributed by atoms with van der Waals surface area (Å²) in [5.41, 5.74) is 2.44. The van der Waals surface area contributed by atoms with Crippen molar-refractivity contribution in [1.82, 2.24) is 4.98 Å². The van der Waals surface area contributed by atoms with E-state index in [0.717, 1.165) is 11.3 Å². The molecule has 0 saturated carbocycles. The van der Waals surface area contributed by atoms with Crippen LogP contribution in [0.4, 0.5) is 11.4 Å². The van der Waals surface area contributed by atoms with Gasteiger partial charge in [-0.15, -0.1) is 0 Å². The molecular formula is C24H24ClN3O4. The van der Waals surface area contributed by atoms with Gasteiger partial charge in [-0.05, 0) is 61.4 Å². The first-order valence-corrected chi connectivity index (χ1v) is 10.4. The lowest BCUT2D eigenvalue weighted by molar-refractivity contribution is -0.116. The van der Waals surface area contributed by atoms with Gasteiger partial charge < -0.3 is 20.1 Å². The van der Waals surface area contributed by atoms with Gasteiger partial charge in [0.1, 0.15) is 11.5 Å². The Kier molecular flexibility index (Phi) is 8.05. The molecule has 0 aliphatic carbocycles. The summed E-state index contributed by atoms with van der Waals surface area (Å²) in [5.74, 6) is 0.741. The number of carbonyl (C=O) groups is 2. The number of carbonyl (C=O) groups excluding carboxylic acids is 2. The number of aromatic nitrogens is 1. The van der Waals surface area contributed by atoms with Crippen LogP contribution >= 0.6 is 11.6 Å². The summed E-state index contributed by atoms with van der Waals surface area (Å²) in [6, 6.07) is 13.8. The minimum atomic E-state index is -0.302. The number of benzene rings is 2. The molecule has 0 radical (unpaired) electrons. The van der Waals surface area contributed by atoms with Gasteiger partial charge in [0.25, 0.3) is 5.91 Å². The third-order valence-corrected chi connectivity index (χ3v) is 4.84. The number of hydrogen-bond donors (Lipinski definition) is 2. The number of methoxy groups -OCH3 is 1. The molecule has 2 aromatic carbocycles. The highest BCUT2D eigenvalue weighted by Crippen LogP contribution is 2.28. The van der Waals surface area contributed by atoms with Gasteiger partial charge in [-0.25, -0.2) is 0 Å². The number of hydrogen-bond acceptors (Lipinski definition) is 5. The Bertz CT molecular complexity index is 1090. The number of ether oxygens (including phenoxy) is 2. The Labute approximate surface area is 191 Å². The van der Waals surface area contributed by atoms with Crippen LogP contribution < -0.4 is 20.1 Å².